The molecular weight excluding hydrogens is 419 g/mol. The van der Waals surface area contributed by atoms with E-state index in [4.69, 9.17) is 14.8 Å². The zero-order valence-corrected chi connectivity index (χ0v) is 18.6. The van der Waals surface area contributed by atoms with E-state index >= 15 is 0 Å². The molecule has 4 aromatic rings. The molecule has 0 atom stereocenters. The number of fused-ring (bicyclic) bond motifs is 3. The van der Waals surface area contributed by atoms with Crippen molar-refractivity contribution in [3.05, 3.63) is 77.9 Å². The number of anilines is 1. The molecule has 0 bridgehead atoms. The molecule has 0 saturated carbocycles. The second-order valence-corrected chi connectivity index (χ2v) is 7.95. The van der Waals surface area contributed by atoms with E-state index in [1.165, 1.54) is 12.1 Å². The van der Waals surface area contributed by atoms with Crippen LogP contribution in [0, 0.1) is 5.82 Å². The fraction of sp³-hybridized carbons (Fsp3) is 0.308. The molecule has 33 heavy (non-hydrogen) atoms. The second kappa shape index (κ2) is 11.7. The number of hydrogen-bond donors (Lipinski definition) is 3. The smallest absolute Gasteiger partial charge is 0.134 e. The number of rotatable bonds is 12. The first kappa shape index (κ1) is 23.0. The summed E-state index contributed by atoms with van der Waals surface area (Å²) in [4.78, 5) is 9.04. The summed E-state index contributed by atoms with van der Waals surface area (Å²) in [7, 11) is 0. The highest BCUT2D eigenvalue weighted by Gasteiger charge is 2.07. The zero-order chi connectivity index (χ0) is 22.9. The van der Waals surface area contributed by atoms with Gasteiger partial charge < -0.3 is 20.5 Å². The number of para-hydroxylation sites is 1. The molecule has 0 aliphatic heterocycles. The average molecular weight is 449 g/mol. The largest absolute Gasteiger partial charge is 0.392 e. The molecule has 4 rings (SSSR count). The highest BCUT2D eigenvalue weighted by atomic mass is 19.1. The summed E-state index contributed by atoms with van der Waals surface area (Å²) >= 11 is 0. The lowest BCUT2D eigenvalue weighted by Gasteiger charge is -2.11. The van der Waals surface area contributed by atoms with Gasteiger partial charge in [0, 0.05) is 48.2 Å². The van der Waals surface area contributed by atoms with Crippen molar-refractivity contribution in [1.82, 2.24) is 15.3 Å². The second-order valence-electron chi connectivity index (χ2n) is 7.95. The van der Waals surface area contributed by atoms with Crippen LogP contribution in [0.4, 0.5) is 10.2 Å². The van der Waals surface area contributed by atoms with Gasteiger partial charge in [-0.25, -0.2) is 9.37 Å². The lowest BCUT2D eigenvalue weighted by atomic mass is 10.1. The Labute approximate surface area is 192 Å². The molecule has 0 spiro atoms. The predicted octanol–water partition coefficient (Wildman–Crippen LogP) is 4.41. The van der Waals surface area contributed by atoms with Gasteiger partial charge in [-0.3, -0.25) is 4.98 Å². The normalized spacial score (nSPS) is 11.3. The highest BCUT2D eigenvalue weighted by Crippen LogP contribution is 2.28. The third-order valence-electron chi connectivity index (χ3n) is 5.46. The number of nitrogens with zero attached hydrogens (tertiary/aromatic N) is 2. The van der Waals surface area contributed by atoms with E-state index in [1.54, 1.807) is 6.20 Å². The van der Waals surface area contributed by atoms with Crippen molar-refractivity contribution in [2.75, 3.05) is 31.6 Å². The van der Waals surface area contributed by atoms with Gasteiger partial charge in [0.2, 0.25) is 0 Å². The molecule has 2 aromatic carbocycles. The number of benzene rings is 2. The summed E-state index contributed by atoms with van der Waals surface area (Å²) in [6, 6.07) is 14.7. The van der Waals surface area contributed by atoms with Crippen molar-refractivity contribution in [1.29, 1.82) is 0 Å². The maximum Gasteiger partial charge on any atom is 0.134 e. The molecule has 0 saturated heterocycles. The molecule has 3 N–H and O–H groups in total. The Balaban J connectivity index is 1.14. The number of aliphatic hydroxyl groups is 1. The van der Waals surface area contributed by atoms with Gasteiger partial charge in [0.1, 0.15) is 11.6 Å². The van der Waals surface area contributed by atoms with Crippen LogP contribution in [-0.4, -0.2) is 41.4 Å². The molecule has 0 aliphatic carbocycles. The standard InChI is InChI=1S/C26H29FN4O2/c27-21-14-19(13-20(15-21)18-32)16-28-8-3-4-11-33-12-10-30-26-23-7-9-29-17-24(23)22-5-1-2-6-25(22)31-26/h1-2,5-7,9,13-15,17,28,32H,3-4,8,10-12,16,18H2,(H,30,31). The van der Waals surface area contributed by atoms with Crippen molar-refractivity contribution < 1.29 is 14.2 Å². The van der Waals surface area contributed by atoms with Gasteiger partial charge in [0.15, 0.2) is 0 Å². The number of hydrogen-bond acceptors (Lipinski definition) is 6. The molecule has 0 amide bonds. The Bertz CT molecular complexity index is 1200. The van der Waals surface area contributed by atoms with Crippen molar-refractivity contribution in [2.24, 2.45) is 0 Å². The zero-order valence-electron chi connectivity index (χ0n) is 18.6. The van der Waals surface area contributed by atoms with Crippen molar-refractivity contribution in [2.45, 2.75) is 26.0 Å². The van der Waals surface area contributed by atoms with Crippen LogP contribution >= 0.6 is 0 Å². The van der Waals surface area contributed by atoms with E-state index in [2.05, 4.69) is 21.7 Å². The quantitative estimate of drug-likeness (QED) is 0.220. The summed E-state index contributed by atoms with van der Waals surface area (Å²) < 4.78 is 19.2. The maximum absolute atomic E-state index is 13.5. The Morgan fingerprint density at radius 1 is 0.909 bits per heavy atom. The van der Waals surface area contributed by atoms with Crippen LogP contribution < -0.4 is 10.6 Å². The first-order chi connectivity index (χ1) is 16.2. The van der Waals surface area contributed by atoms with Crippen molar-refractivity contribution in [3.8, 4) is 0 Å². The van der Waals surface area contributed by atoms with Crippen LogP contribution in [0.3, 0.4) is 0 Å². The van der Waals surface area contributed by atoms with Crippen LogP contribution in [0.1, 0.15) is 24.0 Å². The summed E-state index contributed by atoms with van der Waals surface area (Å²) in [5.41, 5.74) is 2.38. The molecule has 7 heteroatoms. The Hall–Kier alpha value is -3.13. The molecule has 0 aliphatic rings. The lowest BCUT2D eigenvalue weighted by Crippen LogP contribution is -2.16. The molecule has 2 heterocycles. The number of aliphatic hydroxyl groups excluding tert-OH is 1. The summed E-state index contributed by atoms with van der Waals surface area (Å²) in [5.74, 6) is 0.532. The minimum absolute atomic E-state index is 0.151. The topological polar surface area (TPSA) is 79.3 Å². The van der Waals surface area contributed by atoms with E-state index in [-0.39, 0.29) is 12.4 Å². The maximum atomic E-state index is 13.5. The molecule has 172 valence electrons. The Morgan fingerprint density at radius 2 is 1.79 bits per heavy atom. The van der Waals surface area contributed by atoms with E-state index in [1.807, 2.05) is 36.5 Å². The van der Waals surface area contributed by atoms with Crippen molar-refractivity contribution in [3.63, 3.8) is 0 Å². The van der Waals surface area contributed by atoms with Crippen LogP contribution in [0.25, 0.3) is 21.7 Å². The number of nitrogens with one attached hydrogen (secondary N) is 2. The van der Waals surface area contributed by atoms with E-state index in [0.29, 0.717) is 31.9 Å². The van der Waals surface area contributed by atoms with E-state index in [9.17, 15) is 4.39 Å². The SMILES string of the molecule is OCc1cc(F)cc(CNCCCCOCCNc2nc3ccccc3c3cnccc23)c1. The number of unbranched alkanes of at least 4 members (excludes halogenated alkanes) is 1. The first-order valence-corrected chi connectivity index (χ1v) is 11.3. The summed E-state index contributed by atoms with van der Waals surface area (Å²) in [6.07, 6.45) is 5.59. The summed E-state index contributed by atoms with van der Waals surface area (Å²) in [6.45, 7) is 3.22. The van der Waals surface area contributed by atoms with Gasteiger partial charge in [-0.2, -0.15) is 0 Å². The van der Waals surface area contributed by atoms with Crippen LogP contribution in [0.5, 0.6) is 0 Å². The monoisotopic (exact) mass is 448 g/mol. The van der Waals surface area contributed by atoms with Crippen LogP contribution in [0.2, 0.25) is 0 Å². The Morgan fingerprint density at radius 3 is 2.70 bits per heavy atom. The number of ether oxygens (including phenoxy) is 1. The fourth-order valence-electron chi connectivity index (χ4n) is 3.87. The lowest BCUT2D eigenvalue weighted by molar-refractivity contribution is 0.140. The molecule has 0 radical (unpaired) electrons. The molecular formula is C26H29FN4O2. The molecule has 0 unspecified atom stereocenters. The van der Waals surface area contributed by atoms with E-state index < -0.39 is 0 Å². The minimum atomic E-state index is -0.316. The molecule has 6 nitrogen and oxygen atoms in total. The third-order valence-corrected chi connectivity index (χ3v) is 5.46. The Kier molecular flexibility index (Phi) is 8.14. The van der Waals surface area contributed by atoms with Gasteiger partial charge in [-0.1, -0.05) is 24.3 Å². The van der Waals surface area contributed by atoms with E-state index in [0.717, 1.165) is 52.4 Å². The van der Waals surface area contributed by atoms with Crippen LogP contribution in [-0.2, 0) is 17.9 Å². The van der Waals surface area contributed by atoms with Crippen molar-refractivity contribution >= 4 is 27.5 Å². The van der Waals surface area contributed by atoms with Gasteiger partial charge >= 0.3 is 0 Å². The highest BCUT2D eigenvalue weighted by molar-refractivity contribution is 6.09. The minimum Gasteiger partial charge on any atom is -0.392 e. The van der Waals surface area contributed by atoms with Crippen LogP contribution in [0.15, 0.2) is 60.9 Å². The fourth-order valence-corrected chi connectivity index (χ4v) is 3.87. The third kappa shape index (κ3) is 6.22. The molecule has 2 aromatic heterocycles. The van der Waals surface area contributed by atoms with Gasteiger partial charge in [0.25, 0.3) is 0 Å². The summed E-state index contributed by atoms with van der Waals surface area (Å²) in [5, 5.41) is 19.1. The van der Waals surface area contributed by atoms with Gasteiger partial charge in [0.05, 0.1) is 18.7 Å². The predicted molar refractivity (Wildman–Crippen MR) is 130 cm³/mol. The average Bonchev–Trinajstić information content (AvgIpc) is 2.84. The number of pyridine rings is 2. The first-order valence-electron chi connectivity index (χ1n) is 11.3. The number of halogens is 1. The van der Waals surface area contributed by atoms with Gasteiger partial charge in [-0.05, 0) is 54.8 Å². The van der Waals surface area contributed by atoms with Gasteiger partial charge in [-0.15, -0.1) is 0 Å². The molecule has 0 fully saturated rings. The number of aromatic nitrogens is 2.